The zero-order valence-corrected chi connectivity index (χ0v) is 19.9. The number of hydrogen-bond donors (Lipinski definition) is 2. The van der Waals surface area contributed by atoms with Crippen molar-refractivity contribution >= 4 is 18.0 Å². The molecule has 0 bridgehead atoms. The van der Waals surface area contributed by atoms with Gasteiger partial charge in [-0.25, -0.2) is 4.79 Å². The number of aliphatic carboxylic acids is 1. The second kappa shape index (κ2) is 11.4. The molecule has 1 fully saturated rings. The third-order valence-electron chi connectivity index (χ3n) is 6.94. The second-order valence-electron chi connectivity index (χ2n) is 9.12. The molecular formula is C27H32N2O6. The summed E-state index contributed by atoms with van der Waals surface area (Å²) in [5, 5.41) is 11.9. The second-order valence-corrected chi connectivity index (χ2v) is 9.12. The molecule has 1 saturated carbocycles. The molecule has 2 aliphatic rings. The minimum atomic E-state index is -1.03. The summed E-state index contributed by atoms with van der Waals surface area (Å²) in [7, 11) is 1.47. The third kappa shape index (κ3) is 5.82. The van der Waals surface area contributed by atoms with Crippen molar-refractivity contribution < 1.29 is 29.0 Å². The topological polar surface area (TPSA) is 105 Å². The fourth-order valence-corrected chi connectivity index (χ4v) is 5.18. The van der Waals surface area contributed by atoms with E-state index in [1.165, 1.54) is 12.0 Å². The van der Waals surface area contributed by atoms with Gasteiger partial charge in [0.1, 0.15) is 13.2 Å². The Labute approximate surface area is 205 Å². The van der Waals surface area contributed by atoms with Crippen molar-refractivity contribution in [1.82, 2.24) is 10.2 Å². The molecule has 0 spiro atoms. The van der Waals surface area contributed by atoms with Crippen molar-refractivity contribution in [1.29, 1.82) is 0 Å². The number of alkyl carbamates (subject to hydrolysis) is 1. The molecule has 0 heterocycles. The monoisotopic (exact) mass is 480 g/mol. The average Bonchev–Trinajstić information content (AvgIpc) is 3.50. The maximum Gasteiger partial charge on any atom is 0.407 e. The van der Waals surface area contributed by atoms with Crippen LogP contribution in [-0.4, -0.2) is 66.9 Å². The van der Waals surface area contributed by atoms with Crippen molar-refractivity contribution in [3.63, 3.8) is 0 Å². The molecule has 8 nitrogen and oxygen atoms in total. The molecule has 1 atom stereocenters. The lowest BCUT2D eigenvalue weighted by Gasteiger charge is -2.29. The van der Waals surface area contributed by atoms with Gasteiger partial charge >= 0.3 is 12.1 Å². The highest BCUT2D eigenvalue weighted by Gasteiger charge is 2.31. The molecule has 2 aromatic rings. The van der Waals surface area contributed by atoms with E-state index in [9.17, 15) is 19.5 Å². The van der Waals surface area contributed by atoms with Crippen LogP contribution in [0.1, 0.15) is 49.1 Å². The largest absolute Gasteiger partial charge is 0.480 e. The Morgan fingerprint density at radius 1 is 1.03 bits per heavy atom. The van der Waals surface area contributed by atoms with Gasteiger partial charge in [-0.05, 0) is 35.1 Å². The normalized spacial score (nSPS) is 15.8. The summed E-state index contributed by atoms with van der Waals surface area (Å²) in [5.74, 6) is -1.35. The predicted octanol–water partition coefficient (Wildman–Crippen LogP) is 3.79. The molecule has 8 heteroatoms. The minimum Gasteiger partial charge on any atom is -0.480 e. The number of carboxylic acid groups (broad SMARTS) is 1. The van der Waals surface area contributed by atoms with Gasteiger partial charge in [0.05, 0.1) is 12.5 Å². The molecule has 2 aliphatic carbocycles. The van der Waals surface area contributed by atoms with E-state index >= 15 is 0 Å². The van der Waals surface area contributed by atoms with Gasteiger partial charge in [-0.2, -0.15) is 0 Å². The summed E-state index contributed by atoms with van der Waals surface area (Å²) in [6.07, 6.45) is 2.43. The summed E-state index contributed by atoms with van der Waals surface area (Å²) in [5.41, 5.74) is 4.58. The highest BCUT2D eigenvalue weighted by molar-refractivity contribution is 5.82. The molecule has 2 aromatic carbocycles. The number of fused-ring (bicyclic) bond motifs is 3. The number of nitrogens with one attached hydrogen (secondary N) is 1. The van der Waals surface area contributed by atoms with Crippen molar-refractivity contribution in [2.75, 3.05) is 26.8 Å². The maximum atomic E-state index is 12.9. The standard InChI is InChI=1S/C27H32N2O6/c1-34-19(14-25(30)29(16-26(31)32)18-8-2-3-9-18)15-28-27(33)35-17-24-22-12-6-4-10-20(22)21-11-5-7-13-23(21)24/h4-7,10-13,18-19,24H,2-3,8-9,14-17H2,1H3,(H,28,33)(H,31,32). The fourth-order valence-electron chi connectivity index (χ4n) is 5.18. The molecule has 2 amide bonds. The fraction of sp³-hybridized carbons (Fsp3) is 0.444. The number of benzene rings is 2. The van der Waals surface area contributed by atoms with Crippen LogP contribution in [0, 0.1) is 0 Å². The van der Waals surface area contributed by atoms with Gasteiger partial charge in [-0.3, -0.25) is 9.59 Å². The van der Waals surface area contributed by atoms with E-state index in [0.29, 0.717) is 0 Å². The zero-order valence-electron chi connectivity index (χ0n) is 19.9. The van der Waals surface area contributed by atoms with Crippen molar-refractivity contribution in [2.24, 2.45) is 0 Å². The van der Waals surface area contributed by atoms with Gasteiger partial charge < -0.3 is 24.8 Å². The molecule has 186 valence electrons. The van der Waals surface area contributed by atoms with Crippen LogP contribution in [0.5, 0.6) is 0 Å². The van der Waals surface area contributed by atoms with E-state index in [0.717, 1.165) is 47.9 Å². The van der Waals surface area contributed by atoms with Crippen LogP contribution >= 0.6 is 0 Å². The van der Waals surface area contributed by atoms with Crippen molar-refractivity contribution in [2.45, 2.75) is 50.2 Å². The first-order valence-electron chi connectivity index (χ1n) is 12.1. The van der Waals surface area contributed by atoms with Gasteiger partial charge in [0, 0.05) is 25.6 Å². The van der Waals surface area contributed by atoms with Crippen LogP contribution in [0.3, 0.4) is 0 Å². The van der Waals surface area contributed by atoms with Crippen LogP contribution < -0.4 is 5.32 Å². The van der Waals surface area contributed by atoms with E-state index < -0.39 is 18.2 Å². The Morgan fingerprint density at radius 3 is 2.20 bits per heavy atom. The SMILES string of the molecule is COC(CNC(=O)OCC1c2ccccc2-c2ccccc21)CC(=O)N(CC(=O)O)C1CCCC1. The molecule has 0 aliphatic heterocycles. The zero-order chi connectivity index (χ0) is 24.8. The Bertz CT molecular complexity index is 1020. The lowest BCUT2D eigenvalue weighted by atomic mass is 9.98. The number of nitrogens with zero attached hydrogens (tertiary/aromatic N) is 1. The Kier molecular flexibility index (Phi) is 8.02. The van der Waals surface area contributed by atoms with E-state index in [4.69, 9.17) is 9.47 Å². The predicted molar refractivity (Wildman–Crippen MR) is 130 cm³/mol. The Morgan fingerprint density at radius 2 is 1.63 bits per heavy atom. The third-order valence-corrected chi connectivity index (χ3v) is 6.94. The van der Waals surface area contributed by atoms with Gasteiger partial charge in [0.15, 0.2) is 0 Å². The lowest BCUT2D eigenvalue weighted by Crippen LogP contribution is -2.45. The van der Waals surface area contributed by atoms with Gasteiger partial charge in [0.25, 0.3) is 0 Å². The van der Waals surface area contributed by atoms with Crippen LogP contribution in [0.25, 0.3) is 11.1 Å². The lowest BCUT2D eigenvalue weighted by molar-refractivity contribution is -0.147. The Balaban J connectivity index is 1.30. The summed E-state index contributed by atoms with van der Waals surface area (Å²) in [6, 6.07) is 16.2. The van der Waals surface area contributed by atoms with Crippen molar-refractivity contribution in [3.05, 3.63) is 59.7 Å². The number of methoxy groups -OCH3 is 1. The molecule has 0 aromatic heterocycles. The first-order chi connectivity index (χ1) is 17.0. The average molecular weight is 481 g/mol. The smallest absolute Gasteiger partial charge is 0.407 e. The number of rotatable bonds is 10. The summed E-state index contributed by atoms with van der Waals surface area (Å²) in [6.45, 7) is -0.0330. The number of hydrogen-bond acceptors (Lipinski definition) is 5. The van der Waals surface area contributed by atoms with Crippen molar-refractivity contribution in [3.8, 4) is 11.1 Å². The Hall–Kier alpha value is -3.39. The molecule has 4 rings (SSSR count). The van der Waals surface area contributed by atoms with E-state index in [2.05, 4.69) is 29.6 Å². The molecular weight excluding hydrogens is 448 g/mol. The number of carbonyl (C=O) groups excluding carboxylic acids is 2. The molecule has 2 N–H and O–H groups in total. The molecule has 0 radical (unpaired) electrons. The summed E-state index contributed by atoms with van der Waals surface area (Å²) in [4.78, 5) is 38.0. The first-order valence-corrected chi connectivity index (χ1v) is 12.1. The number of ether oxygens (including phenoxy) is 2. The number of carbonyl (C=O) groups is 3. The van der Waals surface area contributed by atoms with Crippen LogP contribution in [-0.2, 0) is 19.1 Å². The van der Waals surface area contributed by atoms with Crippen LogP contribution in [0.4, 0.5) is 4.79 Å². The van der Waals surface area contributed by atoms with Gasteiger partial charge in [-0.1, -0.05) is 61.4 Å². The van der Waals surface area contributed by atoms with Gasteiger partial charge in [-0.15, -0.1) is 0 Å². The quantitative estimate of drug-likeness (QED) is 0.536. The van der Waals surface area contributed by atoms with Crippen LogP contribution in [0.15, 0.2) is 48.5 Å². The first kappa shape index (κ1) is 24.7. The van der Waals surface area contributed by atoms with E-state index in [1.807, 2.05) is 24.3 Å². The molecule has 1 unspecified atom stereocenters. The molecule has 35 heavy (non-hydrogen) atoms. The number of amides is 2. The number of carboxylic acids is 1. The van der Waals surface area contributed by atoms with Gasteiger partial charge in [0.2, 0.25) is 5.91 Å². The molecule has 0 saturated heterocycles. The minimum absolute atomic E-state index is 0.00998. The van der Waals surface area contributed by atoms with E-state index in [1.54, 1.807) is 0 Å². The van der Waals surface area contributed by atoms with E-state index in [-0.39, 0.29) is 44.0 Å². The maximum absolute atomic E-state index is 12.9. The van der Waals surface area contributed by atoms with Crippen LogP contribution in [0.2, 0.25) is 0 Å². The summed E-state index contributed by atoms with van der Waals surface area (Å²) < 4.78 is 10.9. The summed E-state index contributed by atoms with van der Waals surface area (Å²) >= 11 is 0. The highest BCUT2D eigenvalue weighted by atomic mass is 16.5. The highest BCUT2D eigenvalue weighted by Crippen LogP contribution is 2.44.